The highest BCUT2D eigenvalue weighted by atomic mass is 35.5. The van der Waals surface area contributed by atoms with Crippen LogP contribution >= 0.6 is 34.5 Å². The Bertz CT molecular complexity index is 901. The molecule has 0 spiro atoms. The molecule has 7 heteroatoms. The molecule has 0 saturated heterocycles. The van der Waals surface area contributed by atoms with Crippen molar-refractivity contribution in [3.63, 3.8) is 0 Å². The average molecular weight is 394 g/mol. The second-order valence-corrected chi connectivity index (χ2v) is 7.18. The summed E-state index contributed by atoms with van der Waals surface area (Å²) >= 11 is 13.4. The quantitative estimate of drug-likeness (QED) is 0.604. The van der Waals surface area contributed by atoms with Crippen molar-refractivity contribution in [1.82, 2.24) is 0 Å². The van der Waals surface area contributed by atoms with Crippen LogP contribution in [0, 0.1) is 0 Å². The summed E-state index contributed by atoms with van der Waals surface area (Å²) in [5.41, 5.74) is 0.292. The van der Waals surface area contributed by atoms with E-state index in [0.717, 1.165) is 10.1 Å². The molecule has 0 aliphatic carbocycles. The van der Waals surface area contributed by atoms with Crippen molar-refractivity contribution in [1.29, 1.82) is 0 Å². The van der Waals surface area contributed by atoms with Crippen molar-refractivity contribution >= 4 is 62.2 Å². The van der Waals surface area contributed by atoms with Crippen molar-refractivity contribution in [3.05, 3.63) is 63.5 Å². The predicted octanol–water partition coefficient (Wildman–Crippen LogP) is 5.39. The van der Waals surface area contributed by atoms with E-state index in [0.29, 0.717) is 20.6 Å². The zero-order chi connectivity index (χ0) is 18.0. The Kier molecular flexibility index (Phi) is 5.27. The molecule has 2 aromatic carbocycles. The van der Waals surface area contributed by atoms with Gasteiger partial charge in [0.05, 0.1) is 15.7 Å². The summed E-state index contributed by atoms with van der Waals surface area (Å²) in [4.78, 5) is 25.0. The molecule has 1 N–H and O–H groups in total. The summed E-state index contributed by atoms with van der Waals surface area (Å²) in [6.45, 7) is 1.49. The van der Waals surface area contributed by atoms with Crippen molar-refractivity contribution in [2.45, 2.75) is 13.0 Å². The Balaban J connectivity index is 1.69. The van der Waals surface area contributed by atoms with Crippen molar-refractivity contribution in [3.8, 4) is 0 Å². The number of carbonyl (C=O) groups is 2. The molecular weight excluding hydrogens is 381 g/mol. The lowest BCUT2D eigenvalue weighted by Crippen LogP contribution is -2.30. The van der Waals surface area contributed by atoms with E-state index in [2.05, 4.69) is 5.32 Å². The number of ether oxygens (including phenoxy) is 1. The van der Waals surface area contributed by atoms with Crippen molar-refractivity contribution in [2.24, 2.45) is 0 Å². The molecule has 0 bridgehead atoms. The minimum Gasteiger partial charge on any atom is -0.448 e. The molecule has 128 valence electrons. The zero-order valence-electron chi connectivity index (χ0n) is 13.1. The zero-order valence-corrected chi connectivity index (χ0v) is 15.4. The van der Waals surface area contributed by atoms with Gasteiger partial charge in [-0.15, -0.1) is 11.3 Å². The van der Waals surface area contributed by atoms with E-state index >= 15 is 0 Å². The molecule has 1 atom stereocenters. The topological polar surface area (TPSA) is 55.4 Å². The summed E-state index contributed by atoms with van der Waals surface area (Å²) in [7, 11) is 0. The predicted molar refractivity (Wildman–Crippen MR) is 102 cm³/mol. The van der Waals surface area contributed by atoms with E-state index in [4.69, 9.17) is 27.9 Å². The van der Waals surface area contributed by atoms with E-state index in [1.54, 1.807) is 24.3 Å². The lowest BCUT2D eigenvalue weighted by Gasteiger charge is -2.14. The van der Waals surface area contributed by atoms with E-state index in [9.17, 15) is 9.59 Å². The van der Waals surface area contributed by atoms with Gasteiger partial charge in [-0.05, 0) is 36.6 Å². The third-order valence-corrected chi connectivity index (χ3v) is 5.22. The molecule has 0 unspecified atom stereocenters. The number of hydrogen-bond acceptors (Lipinski definition) is 4. The minimum atomic E-state index is -0.995. The first-order valence-electron chi connectivity index (χ1n) is 7.40. The fourth-order valence-corrected chi connectivity index (χ4v) is 3.63. The number of hydrogen-bond donors (Lipinski definition) is 1. The number of halogens is 2. The first kappa shape index (κ1) is 17.7. The van der Waals surface area contributed by atoms with Crippen LogP contribution in [0.15, 0.2) is 48.5 Å². The van der Waals surface area contributed by atoms with Gasteiger partial charge in [-0.1, -0.05) is 47.5 Å². The molecule has 1 amide bonds. The molecule has 0 aliphatic rings. The Morgan fingerprint density at radius 2 is 1.76 bits per heavy atom. The average Bonchev–Trinajstić information content (AvgIpc) is 3.02. The molecular formula is C18H13Cl2NO3S. The highest BCUT2D eigenvalue weighted by Crippen LogP contribution is 2.30. The molecule has 4 nitrogen and oxygen atoms in total. The Hall–Kier alpha value is -2.08. The standard InChI is InChI=1S/C18H13Cl2NO3S/c1-10(17(22)21-16-12(19)6-4-7-13(16)20)24-18(23)15-9-11-5-2-3-8-14(11)25-15/h2-10H,1H3,(H,21,22)/t10-/m0/s1. The number of fused-ring (bicyclic) bond motifs is 1. The highest BCUT2D eigenvalue weighted by Gasteiger charge is 2.21. The third kappa shape index (κ3) is 3.95. The summed E-state index contributed by atoms with van der Waals surface area (Å²) in [6, 6.07) is 14.3. The van der Waals surface area contributed by atoms with Crippen LogP contribution in [0.5, 0.6) is 0 Å². The van der Waals surface area contributed by atoms with Gasteiger partial charge in [0.2, 0.25) is 0 Å². The van der Waals surface area contributed by atoms with Crippen molar-refractivity contribution < 1.29 is 14.3 Å². The van der Waals surface area contributed by atoms with Gasteiger partial charge in [0.1, 0.15) is 4.88 Å². The summed E-state index contributed by atoms with van der Waals surface area (Å²) in [5.74, 6) is -1.06. The maximum Gasteiger partial charge on any atom is 0.349 e. The van der Waals surface area contributed by atoms with Crippen molar-refractivity contribution in [2.75, 3.05) is 5.32 Å². The van der Waals surface area contributed by atoms with E-state index in [1.807, 2.05) is 24.3 Å². The van der Waals surface area contributed by atoms with Crippen LogP contribution < -0.4 is 5.32 Å². The lowest BCUT2D eigenvalue weighted by molar-refractivity contribution is -0.123. The van der Waals surface area contributed by atoms with Gasteiger partial charge in [0.15, 0.2) is 6.10 Å². The number of benzene rings is 2. The molecule has 0 fully saturated rings. The van der Waals surface area contributed by atoms with Crippen LogP contribution in [0.2, 0.25) is 10.0 Å². The largest absolute Gasteiger partial charge is 0.448 e. The van der Waals surface area contributed by atoms with Gasteiger partial charge in [0.25, 0.3) is 5.91 Å². The summed E-state index contributed by atoms with van der Waals surface area (Å²) in [6.07, 6.45) is -0.995. The Labute approximate surface area is 158 Å². The maximum atomic E-state index is 12.3. The number of anilines is 1. The number of nitrogens with one attached hydrogen (secondary N) is 1. The van der Waals surface area contributed by atoms with Gasteiger partial charge in [-0.3, -0.25) is 4.79 Å². The normalized spacial score (nSPS) is 12.0. The summed E-state index contributed by atoms with van der Waals surface area (Å²) < 4.78 is 6.23. The van der Waals surface area contributed by atoms with Gasteiger partial charge in [-0.2, -0.15) is 0 Å². The van der Waals surface area contributed by atoms with Crippen LogP contribution in [0.25, 0.3) is 10.1 Å². The molecule has 0 saturated carbocycles. The molecule has 0 radical (unpaired) electrons. The van der Waals surface area contributed by atoms with E-state index in [1.165, 1.54) is 18.3 Å². The van der Waals surface area contributed by atoms with Gasteiger partial charge < -0.3 is 10.1 Å². The van der Waals surface area contributed by atoms with Gasteiger partial charge in [-0.25, -0.2) is 4.79 Å². The Morgan fingerprint density at radius 1 is 1.08 bits per heavy atom. The van der Waals surface area contributed by atoms with Gasteiger partial charge in [0, 0.05) is 4.70 Å². The van der Waals surface area contributed by atoms with Crippen LogP contribution in [0.1, 0.15) is 16.6 Å². The number of esters is 1. The SMILES string of the molecule is C[C@H](OC(=O)c1cc2ccccc2s1)C(=O)Nc1c(Cl)cccc1Cl. The highest BCUT2D eigenvalue weighted by molar-refractivity contribution is 7.20. The van der Waals surface area contributed by atoms with Gasteiger partial charge >= 0.3 is 5.97 Å². The molecule has 3 rings (SSSR count). The summed E-state index contributed by atoms with van der Waals surface area (Å²) in [5, 5.41) is 4.16. The number of thiophene rings is 1. The van der Waals surface area contributed by atoms with Crippen LogP contribution in [-0.4, -0.2) is 18.0 Å². The molecule has 3 aromatic rings. The maximum absolute atomic E-state index is 12.3. The fraction of sp³-hybridized carbons (Fsp3) is 0.111. The monoisotopic (exact) mass is 393 g/mol. The Morgan fingerprint density at radius 3 is 2.44 bits per heavy atom. The second-order valence-electron chi connectivity index (χ2n) is 5.28. The first-order chi connectivity index (χ1) is 12.0. The van der Waals surface area contributed by atoms with E-state index < -0.39 is 18.0 Å². The second kappa shape index (κ2) is 7.44. The van der Waals surface area contributed by atoms with Crippen LogP contribution in [0.4, 0.5) is 5.69 Å². The number of carbonyl (C=O) groups excluding carboxylic acids is 2. The fourth-order valence-electron chi connectivity index (χ4n) is 2.20. The lowest BCUT2D eigenvalue weighted by atomic mass is 10.2. The molecule has 0 aliphatic heterocycles. The number of amides is 1. The van der Waals surface area contributed by atoms with Crippen LogP contribution in [0.3, 0.4) is 0 Å². The smallest absolute Gasteiger partial charge is 0.349 e. The minimum absolute atomic E-state index is 0.292. The van der Waals surface area contributed by atoms with Crippen LogP contribution in [-0.2, 0) is 9.53 Å². The molecule has 1 aromatic heterocycles. The molecule has 25 heavy (non-hydrogen) atoms. The van der Waals surface area contributed by atoms with E-state index in [-0.39, 0.29) is 0 Å². The molecule has 1 heterocycles. The number of rotatable bonds is 4. The third-order valence-electron chi connectivity index (χ3n) is 3.49. The number of para-hydroxylation sites is 1. The first-order valence-corrected chi connectivity index (χ1v) is 8.97.